The molecule has 3 aromatic rings. The van der Waals surface area contributed by atoms with Crippen molar-refractivity contribution in [3.63, 3.8) is 0 Å². The van der Waals surface area contributed by atoms with Crippen LogP contribution in [0.1, 0.15) is 27.4 Å². The normalized spacial score (nSPS) is 10.9. The fourth-order valence-corrected chi connectivity index (χ4v) is 3.47. The maximum atomic E-state index is 12.1. The maximum absolute atomic E-state index is 12.1. The van der Waals surface area contributed by atoms with Crippen LogP contribution < -0.4 is 25.6 Å². The van der Waals surface area contributed by atoms with E-state index in [1.807, 2.05) is 30.3 Å². The second-order valence-electron chi connectivity index (χ2n) is 6.91. The van der Waals surface area contributed by atoms with Crippen LogP contribution in [0.3, 0.4) is 0 Å². The predicted molar refractivity (Wildman–Crippen MR) is 120 cm³/mol. The number of ether oxygens (including phenoxy) is 1. The largest absolute Gasteiger partial charge is 0.486 e. The Morgan fingerprint density at radius 1 is 0.909 bits per heavy atom. The van der Waals surface area contributed by atoms with E-state index in [9.17, 15) is 18.0 Å². The lowest BCUT2D eigenvalue weighted by atomic mass is 10.1. The van der Waals surface area contributed by atoms with E-state index < -0.39 is 22.0 Å². The van der Waals surface area contributed by atoms with Crippen molar-refractivity contribution in [3.05, 3.63) is 89.4 Å². The number of sulfonamides is 1. The number of carbonyl (C=O) groups excluding carboxylic acids is 2. The molecule has 33 heavy (non-hydrogen) atoms. The van der Waals surface area contributed by atoms with Gasteiger partial charge in [-0.15, -0.1) is 0 Å². The third-order valence-corrected chi connectivity index (χ3v) is 5.78. The molecule has 0 saturated heterocycles. The molecule has 1 aromatic heterocycles. The lowest BCUT2D eigenvalue weighted by Crippen LogP contribution is -2.46. The summed E-state index contributed by atoms with van der Waals surface area (Å²) < 4.78 is 36.4. The minimum absolute atomic E-state index is 0.0223. The molecule has 10 nitrogen and oxygen atoms in total. The summed E-state index contributed by atoms with van der Waals surface area (Å²) in [5.74, 6) is 0.409. The Morgan fingerprint density at radius 2 is 1.61 bits per heavy atom. The minimum atomic E-state index is -3.35. The summed E-state index contributed by atoms with van der Waals surface area (Å²) in [7, 11) is -1.99. The van der Waals surface area contributed by atoms with E-state index in [0.29, 0.717) is 17.1 Å². The summed E-state index contributed by atoms with van der Waals surface area (Å²) in [6, 6.07) is 18.4. The molecular formula is C22H24N4O6S. The van der Waals surface area contributed by atoms with Crippen LogP contribution >= 0.6 is 0 Å². The third-order valence-electron chi connectivity index (χ3n) is 4.44. The number of hydrazine groups is 1. The van der Waals surface area contributed by atoms with Crippen molar-refractivity contribution in [1.82, 2.24) is 20.9 Å². The van der Waals surface area contributed by atoms with Gasteiger partial charge in [0.1, 0.15) is 18.1 Å². The lowest BCUT2D eigenvalue weighted by molar-refractivity contribution is 0.0904. The molecule has 0 radical (unpaired) electrons. The standard InChI is InChI=1S/C22H24N4O6S/c1-23-33(29,30)15-17-9-7-16(8-10-17)13-24-22(28)26-25-21(27)20-12-11-19(32-20)14-31-18-5-3-2-4-6-18/h2-12,23H,13-15H2,1H3,(H,25,27)(H2,24,26,28). The molecule has 0 aliphatic carbocycles. The molecule has 0 unspecified atom stereocenters. The summed E-state index contributed by atoms with van der Waals surface area (Å²) >= 11 is 0. The molecule has 3 rings (SSSR count). The first-order valence-corrected chi connectivity index (χ1v) is 11.6. The maximum Gasteiger partial charge on any atom is 0.333 e. The van der Waals surface area contributed by atoms with Gasteiger partial charge in [-0.3, -0.25) is 10.2 Å². The van der Waals surface area contributed by atoms with Crippen molar-refractivity contribution in [1.29, 1.82) is 0 Å². The smallest absolute Gasteiger partial charge is 0.333 e. The zero-order valence-corrected chi connectivity index (χ0v) is 18.6. The van der Waals surface area contributed by atoms with Crippen LogP contribution in [0.5, 0.6) is 5.75 Å². The highest BCUT2D eigenvalue weighted by Crippen LogP contribution is 2.14. The first-order valence-electron chi connectivity index (χ1n) is 9.94. The van der Waals surface area contributed by atoms with Crippen LogP contribution in [0.25, 0.3) is 0 Å². The summed E-state index contributed by atoms with van der Waals surface area (Å²) in [6.07, 6.45) is 0. The Kier molecular flexibility index (Phi) is 8.06. The number of furan rings is 1. The molecule has 0 atom stereocenters. The number of carbonyl (C=O) groups is 2. The number of amides is 3. The Labute approximate surface area is 191 Å². The number of benzene rings is 2. The van der Waals surface area contributed by atoms with E-state index >= 15 is 0 Å². The quantitative estimate of drug-likeness (QED) is 0.352. The number of urea groups is 1. The second-order valence-corrected chi connectivity index (χ2v) is 8.84. The molecule has 11 heteroatoms. The van der Waals surface area contributed by atoms with E-state index in [-0.39, 0.29) is 24.7 Å². The van der Waals surface area contributed by atoms with Gasteiger partial charge in [0.25, 0.3) is 0 Å². The first kappa shape index (κ1) is 23.8. The molecular weight excluding hydrogens is 448 g/mol. The van der Waals surface area contributed by atoms with Gasteiger partial charge in [0.05, 0.1) is 5.75 Å². The highest BCUT2D eigenvalue weighted by molar-refractivity contribution is 7.88. The summed E-state index contributed by atoms with van der Waals surface area (Å²) in [4.78, 5) is 24.1. The van der Waals surface area contributed by atoms with Gasteiger partial charge >= 0.3 is 11.9 Å². The van der Waals surface area contributed by atoms with Crippen LogP contribution in [0.2, 0.25) is 0 Å². The van der Waals surface area contributed by atoms with E-state index in [0.717, 1.165) is 5.56 Å². The average molecular weight is 473 g/mol. The topological polar surface area (TPSA) is 139 Å². The number of nitrogens with one attached hydrogen (secondary N) is 4. The molecule has 0 saturated carbocycles. The number of hydrogen-bond donors (Lipinski definition) is 4. The van der Waals surface area contributed by atoms with Crippen molar-refractivity contribution in [2.75, 3.05) is 7.05 Å². The summed E-state index contributed by atoms with van der Waals surface area (Å²) in [5.41, 5.74) is 5.88. The van der Waals surface area contributed by atoms with Gasteiger partial charge in [-0.2, -0.15) is 0 Å². The van der Waals surface area contributed by atoms with Crippen molar-refractivity contribution in [2.24, 2.45) is 0 Å². The van der Waals surface area contributed by atoms with Crippen LogP contribution in [0.15, 0.2) is 71.1 Å². The third kappa shape index (κ3) is 7.66. The van der Waals surface area contributed by atoms with Crippen LogP contribution in [0, 0.1) is 0 Å². The Bertz CT molecular complexity index is 1180. The molecule has 174 valence electrons. The van der Waals surface area contributed by atoms with E-state index in [1.165, 1.54) is 13.1 Å². The first-order chi connectivity index (χ1) is 15.8. The zero-order chi connectivity index (χ0) is 23.7. The van der Waals surface area contributed by atoms with Crippen molar-refractivity contribution >= 4 is 22.0 Å². The van der Waals surface area contributed by atoms with E-state index in [2.05, 4.69) is 20.9 Å². The fourth-order valence-electron chi connectivity index (χ4n) is 2.70. The van der Waals surface area contributed by atoms with Crippen LogP contribution in [0.4, 0.5) is 4.79 Å². The fraction of sp³-hybridized carbons (Fsp3) is 0.182. The van der Waals surface area contributed by atoms with Crippen molar-refractivity contribution < 1.29 is 27.2 Å². The van der Waals surface area contributed by atoms with E-state index in [1.54, 1.807) is 30.3 Å². The highest BCUT2D eigenvalue weighted by Gasteiger charge is 2.13. The van der Waals surface area contributed by atoms with Crippen molar-refractivity contribution in [3.8, 4) is 5.75 Å². The zero-order valence-electron chi connectivity index (χ0n) is 17.8. The van der Waals surface area contributed by atoms with Crippen LogP contribution in [-0.4, -0.2) is 27.4 Å². The Hall–Kier alpha value is -3.83. The van der Waals surface area contributed by atoms with Gasteiger partial charge in [0, 0.05) is 6.54 Å². The van der Waals surface area contributed by atoms with Crippen molar-refractivity contribution in [2.45, 2.75) is 18.9 Å². The molecule has 0 bridgehead atoms. The van der Waals surface area contributed by atoms with Gasteiger partial charge in [-0.25, -0.2) is 23.4 Å². The van der Waals surface area contributed by atoms with Gasteiger partial charge < -0.3 is 14.5 Å². The molecule has 4 N–H and O–H groups in total. The molecule has 0 fully saturated rings. The molecule has 3 amide bonds. The van der Waals surface area contributed by atoms with E-state index in [4.69, 9.17) is 9.15 Å². The monoisotopic (exact) mass is 472 g/mol. The Morgan fingerprint density at radius 3 is 2.30 bits per heavy atom. The van der Waals surface area contributed by atoms with Gasteiger partial charge in [0.15, 0.2) is 5.76 Å². The average Bonchev–Trinajstić information content (AvgIpc) is 3.30. The Balaban J connectivity index is 1.40. The molecule has 0 spiro atoms. The van der Waals surface area contributed by atoms with Gasteiger partial charge in [-0.05, 0) is 42.4 Å². The molecule has 0 aliphatic rings. The number of rotatable bonds is 9. The SMILES string of the molecule is CNS(=O)(=O)Cc1ccc(CNC(=O)NNC(=O)c2ccc(COc3ccccc3)o2)cc1. The molecule has 0 aliphatic heterocycles. The highest BCUT2D eigenvalue weighted by atomic mass is 32.2. The summed E-state index contributed by atoms with van der Waals surface area (Å²) in [6.45, 7) is 0.341. The predicted octanol–water partition coefficient (Wildman–Crippen LogP) is 2.05. The minimum Gasteiger partial charge on any atom is -0.486 e. The van der Waals surface area contributed by atoms with Gasteiger partial charge in [0.2, 0.25) is 10.0 Å². The second kappa shape index (κ2) is 11.2. The lowest BCUT2D eigenvalue weighted by Gasteiger charge is -2.09. The number of hydrogen-bond acceptors (Lipinski definition) is 6. The van der Waals surface area contributed by atoms with Crippen LogP contribution in [-0.2, 0) is 28.9 Å². The number of para-hydroxylation sites is 1. The summed E-state index contributed by atoms with van der Waals surface area (Å²) in [5, 5.41) is 2.58. The van der Waals surface area contributed by atoms with Gasteiger partial charge in [-0.1, -0.05) is 42.5 Å². The molecule has 1 heterocycles. The molecule has 2 aromatic carbocycles.